The van der Waals surface area contributed by atoms with Gasteiger partial charge >= 0.3 is 0 Å². The zero-order valence-corrected chi connectivity index (χ0v) is 7.59. The van der Waals surface area contributed by atoms with Crippen molar-refractivity contribution in [1.29, 1.82) is 0 Å². The molecule has 1 unspecified atom stereocenters. The molecule has 1 amide bonds. The van der Waals surface area contributed by atoms with Crippen LogP contribution in [0, 0.1) is 0 Å². The summed E-state index contributed by atoms with van der Waals surface area (Å²) in [5.74, 6) is 0. The molecule has 0 aliphatic carbocycles. The van der Waals surface area contributed by atoms with E-state index < -0.39 is 0 Å². The van der Waals surface area contributed by atoms with Crippen LogP contribution >= 0.6 is 11.3 Å². The van der Waals surface area contributed by atoms with Crippen molar-refractivity contribution in [2.45, 2.75) is 18.9 Å². The third kappa shape index (κ3) is 1.25. The van der Waals surface area contributed by atoms with Gasteiger partial charge in [-0.1, -0.05) is 0 Å². The lowest BCUT2D eigenvalue weighted by atomic mass is 10.1. The number of hydrogen-bond acceptors (Lipinski definition) is 2. The van der Waals surface area contributed by atoms with Crippen LogP contribution < -0.4 is 0 Å². The molecule has 2 heterocycles. The summed E-state index contributed by atoms with van der Waals surface area (Å²) in [6.45, 7) is 0.921. The molecule has 0 spiro atoms. The molecule has 1 aromatic heterocycles. The Morgan fingerprint density at radius 2 is 2.58 bits per heavy atom. The van der Waals surface area contributed by atoms with Crippen molar-refractivity contribution in [3.8, 4) is 0 Å². The highest BCUT2D eigenvalue weighted by Gasteiger charge is 2.24. The van der Waals surface area contributed by atoms with Crippen molar-refractivity contribution in [3.05, 3.63) is 22.4 Å². The Morgan fingerprint density at radius 1 is 1.67 bits per heavy atom. The summed E-state index contributed by atoms with van der Waals surface area (Å²) in [7, 11) is 0. The molecule has 1 fully saturated rings. The van der Waals surface area contributed by atoms with Gasteiger partial charge in [0.05, 0.1) is 6.04 Å². The van der Waals surface area contributed by atoms with Gasteiger partial charge in [0.1, 0.15) is 0 Å². The van der Waals surface area contributed by atoms with Crippen LogP contribution in [-0.4, -0.2) is 17.9 Å². The molecule has 1 saturated heterocycles. The van der Waals surface area contributed by atoms with E-state index >= 15 is 0 Å². The van der Waals surface area contributed by atoms with Gasteiger partial charge in [0, 0.05) is 6.54 Å². The molecule has 1 aliphatic heterocycles. The number of thiophene rings is 1. The van der Waals surface area contributed by atoms with Gasteiger partial charge in [-0.2, -0.15) is 11.3 Å². The van der Waals surface area contributed by atoms with E-state index in [2.05, 4.69) is 16.8 Å². The summed E-state index contributed by atoms with van der Waals surface area (Å²) in [5, 5.41) is 4.20. The van der Waals surface area contributed by atoms with Crippen molar-refractivity contribution < 1.29 is 4.79 Å². The number of carbonyl (C=O) groups excluding carboxylic acids is 1. The molecule has 2 rings (SSSR count). The first kappa shape index (κ1) is 7.80. The Bertz CT molecular complexity index is 258. The minimum Gasteiger partial charge on any atom is -0.338 e. The van der Waals surface area contributed by atoms with Crippen LogP contribution in [0.25, 0.3) is 0 Å². The molecule has 1 aromatic rings. The largest absolute Gasteiger partial charge is 0.338 e. The summed E-state index contributed by atoms with van der Waals surface area (Å²) >= 11 is 1.70. The van der Waals surface area contributed by atoms with Gasteiger partial charge in [0.15, 0.2) is 0 Å². The van der Waals surface area contributed by atoms with Gasteiger partial charge in [0.25, 0.3) is 0 Å². The van der Waals surface area contributed by atoms with E-state index in [0.29, 0.717) is 6.04 Å². The Hall–Kier alpha value is -0.830. The molecular formula is C9H11NOS. The second-order valence-electron chi connectivity index (χ2n) is 3.06. The summed E-state index contributed by atoms with van der Waals surface area (Å²) in [5.41, 5.74) is 1.30. The van der Waals surface area contributed by atoms with E-state index in [1.54, 1.807) is 11.3 Å². The predicted octanol–water partition coefficient (Wildman–Crippen LogP) is 2.04. The maximum absolute atomic E-state index is 10.6. The summed E-state index contributed by atoms with van der Waals surface area (Å²) < 4.78 is 0. The lowest BCUT2D eigenvalue weighted by molar-refractivity contribution is -0.118. The average molecular weight is 181 g/mol. The molecule has 1 atom stereocenters. The quantitative estimate of drug-likeness (QED) is 0.639. The van der Waals surface area contributed by atoms with Crippen LogP contribution in [0.1, 0.15) is 24.4 Å². The molecule has 3 heteroatoms. The molecule has 64 valence electrons. The van der Waals surface area contributed by atoms with Gasteiger partial charge < -0.3 is 4.90 Å². The standard InChI is InChI=1S/C9H11NOS/c11-7-10-4-1-2-9(10)8-3-5-12-6-8/h3,5-7,9H,1-2,4H2. The zero-order valence-electron chi connectivity index (χ0n) is 6.77. The molecule has 0 aromatic carbocycles. The van der Waals surface area contributed by atoms with E-state index in [1.165, 1.54) is 5.56 Å². The molecule has 1 aliphatic rings. The van der Waals surface area contributed by atoms with Crippen molar-refractivity contribution in [2.24, 2.45) is 0 Å². The highest BCUT2D eigenvalue weighted by molar-refractivity contribution is 7.07. The summed E-state index contributed by atoms with van der Waals surface area (Å²) in [6, 6.07) is 2.46. The maximum Gasteiger partial charge on any atom is 0.210 e. The highest BCUT2D eigenvalue weighted by Crippen LogP contribution is 2.31. The second kappa shape index (κ2) is 3.27. The lowest BCUT2D eigenvalue weighted by Gasteiger charge is -2.18. The number of hydrogen-bond donors (Lipinski definition) is 0. The first-order valence-corrected chi connectivity index (χ1v) is 5.09. The van der Waals surface area contributed by atoms with E-state index in [9.17, 15) is 4.79 Å². The highest BCUT2D eigenvalue weighted by atomic mass is 32.1. The van der Waals surface area contributed by atoms with Gasteiger partial charge in [-0.15, -0.1) is 0 Å². The Morgan fingerprint density at radius 3 is 3.25 bits per heavy atom. The number of nitrogens with zero attached hydrogens (tertiary/aromatic N) is 1. The van der Waals surface area contributed by atoms with Crippen molar-refractivity contribution in [3.63, 3.8) is 0 Å². The SMILES string of the molecule is O=CN1CCCC1c1ccsc1. The van der Waals surface area contributed by atoms with Gasteiger partial charge in [-0.05, 0) is 35.2 Å². The van der Waals surface area contributed by atoms with Crippen molar-refractivity contribution in [1.82, 2.24) is 4.90 Å². The number of carbonyl (C=O) groups is 1. The van der Waals surface area contributed by atoms with E-state index in [0.717, 1.165) is 25.8 Å². The van der Waals surface area contributed by atoms with Gasteiger partial charge in [0.2, 0.25) is 6.41 Å². The van der Waals surface area contributed by atoms with E-state index in [4.69, 9.17) is 0 Å². The van der Waals surface area contributed by atoms with Crippen LogP contribution in [-0.2, 0) is 4.79 Å². The summed E-state index contributed by atoms with van der Waals surface area (Å²) in [6.07, 6.45) is 3.23. The molecule has 2 nitrogen and oxygen atoms in total. The van der Waals surface area contributed by atoms with E-state index in [-0.39, 0.29) is 0 Å². The van der Waals surface area contributed by atoms with Crippen molar-refractivity contribution >= 4 is 17.7 Å². The minimum atomic E-state index is 0.355. The van der Waals surface area contributed by atoms with Crippen LogP contribution in [0.3, 0.4) is 0 Å². The lowest BCUT2D eigenvalue weighted by Crippen LogP contribution is -2.20. The molecule has 0 radical (unpaired) electrons. The number of likely N-dealkylation sites (tertiary alicyclic amines) is 1. The van der Waals surface area contributed by atoms with Crippen molar-refractivity contribution in [2.75, 3.05) is 6.54 Å². The predicted molar refractivity (Wildman–Crippen MR) is 49.1 cm³/mol. The minimum absolute atomic E-state index is 0.355. The third-order valence-electron chi connectivity index (χ3n) is 2.36. The molecule has 0 saturated carbocycles. The second-order valence-corrected chi connectivity index (χ2v) is 3.84. The Labute approximate surface area is 75.8 Å². The average Bonchev–Trinajstić information content (AvgIpc) is 2.74. The fraction of sp³-hybridized carbons (Fsp3) is 0.444. The number of amides is 1. The fourth-order valence-corrected chi connectivity index (χ4v) is 2.44. The van der Waals surface area contributed by atoms with Crippen LogP contribution in [0.2, 0.25) is 0 Å². The molecule has 0 bridgehead atoms. The Kier molecular flexibility index (Phi) is 2.13. The zero-order chi connectivity index (χ0) is 8.39. The molecule has 0 N–H and O–H groups in total. The first-order chi connectivity index (χ1) is 5.92. The van der Waals surface area contributed by atoms with Gasteiger partial charge in [-0.25, -0.2) is 0 Å². The molecular weight excluding hydrogens is 170 g/mol. The monoisotopic (exact) mass is 181 g/mol. The number of rotatable bonds is 2. The maximum atomic E-state index is 10.6. The van der Waals surface area contributed by atoms with E-state index in [1.807, 2.05) is 4.90 Å². The molecule has 12 heavy (non-hydrogen) atoms. The normalized spacial score (nSPS) is 23.0. The van der Waals surface area contributed by atoms with Crippen LogP contribution in [0.5, 0.6) is 0 Å². The Balaban J connectivity index is 2.18. The van der Waals surface area contributed by atoms with Gasteiger partial charge in [-0.3, -0.25) is 4.79 Å². The van der Waals surface area contributed by atoms with Crippen LogP contribution in [0.4, 0.5) is 0 Å². The van der Waals surface area contributed by atoms with Crippen LogP contribution in [0.15, 0.2) is 16.8 Å². The third-order valence-corrected chi connectivity index (χ3v) is 3.06. The summed E-state index contributed by atoms with van der Waals surface area (Å²) in [4.78, 5) is 12.5. The topological polar surface area (TPSA) is 20.3 Å². The fourth-order valence-electron chi connectivity index (χ4n) is 1.74. The first-order valence-electron chi connectivity index (χ1n) is 4.15. The smallest absolute Gasteiger partial charge is 0.210 e.